The molecule has 0 radical (unpaired) electrons. The number of amides is 1. The second-order valence-electron chi connectivity index (χ2n) is 6.57. The van der Waals surface area contributed by atoms with E-state index in [9.17, 15) is 13.2 Å². The molecule has 3 aromatic rings. The van der Waals surface area contributed by atoms with E-state index in [2.05, 4.69) is 5.10 Å². The predicted molar refractivity (Wildman–Crippen MR) is 115 cm³/mol. The normalized spacial score (nSPS) is 12.1. The highest BCUT2D eigenvalue weighted by atomic mass is 35.5. The molecule has 0 saturated carbocycles. The van der Waals surface area contributed by atoms with Crippen molar-refractivity contribution in [3.05, 3.63) is 52.8 Å². The number of aryl methyl sites for hydroxylation is 2. The molecule has 1 aromatic carbocycles. The summed E-state index contributed by atoms with van der Waals surface area (Å²) in [7, 11) is -2.32. The van der Waals surface area contributed by atoms with E-state index < -0.39 is 16.1 Å². The van der Waals surface area contributed by atoms with Gasteiger partial charge in [0.25, 0.3) is 5.91 Å². The number of hydrogen-bond acceptors (Lipinski definition) is 5. The summed E-state index contributed by atoms with van der Waals surface area (Å²) in [4.78, 5) is 18.7. The maximum atomic E-state index is 12.1. The van der Waals surface area contributed by atoms with Crippen LogP contribution in [-0.2, 0) is 26.9 Å². The molecule has 1 amide bonds. The number of benzene rings is 1. The molecule has 0 unspecified atom stereocenters. The molecule has 160 valence electrons. The summed E-state index contributed by atoms with van der Waals surface area (Å²) >= 11 is 6.07. The van der Waals surface area contributed by atoms with Gasteiger partial charge >= 0.3 is 10.2 Å². The van der Waals surface area contributed by atoms with Crippen LogP contribution in [0.25, 0.3) is 22.8 Å². The Morgan fingerprint density at radius 3 is 2.83 bits per heavy atom. The zero-order valence-corrected chi connectivity index (χ0v) is 18.3. The molecule has 0 atom stereocenters. The van der Waals surface area contributed by atoms with Crippen molar-refractivity contribution in [2.45, 2.75) is 20.3 Å². The summed E-state index contributed by atoms with van der Waals surface area (Å²) in [5.74, 6) is -0.0953. The van der Waals surface area contributed by atoms with Crippen LogP contribution in [0.15, 0.2) is 36.5 Å². The lowest BCUT2D eigenvalue weighted by atomic mass is 10.2. The highest BCUT2D eigenvalue weighted by molar-refractivity contribution is 7.87. The Kier molecular flexibility index (Phi) is 6.61. The van der Waals surface area contributed by atoms with Crippen LogP contribution in [0.4, 0.5) is 0 Å². The van der Waals surface area contributed by atoms with Gasteiger partial charge in [0.05, 0.1) is 17.8 Å². The predicted octanol–water partition coefficient (Wildman–Crippen LogP) is 2.63. The monoisotopic (exact) mass is 451 g/mol. The van der Waals surface area contributed by atoms with Crippen molar-refractivity contribution in [3.8, 4) is 5.82 Å². The molecule has 0 fully saturated rings. The molecule has 0 saturated heterocycles. The van der Waals surface area contributed by atoms with Crippen LogP contribution < -0.4 is 9.61 Å². The summed E-state index contributed by atoms with van der Waals surface area (Å²) < 4.78 is 29.1. The number of carbonyl (C=O) groups is 1. The number of carbonyl (C=O) groups excluding carboxylic acids is 1. The van der Waals surface area contributed by atoms with Crippen molar-refractivity contribution in [2.24, 2.45) is 7.05 Å². The summed E-state index contributed by atoms with van der Waals surface area (Å²) in [6.45, 7) is 3.83. The second kappa shape index (κ2) is 9.00. The SMILES string of the molecule is CCCONS(=O)(=O)NC(=O)C=Cc1c(C)nn(C)c1-n1ccc2cc(Cl)ccc21. The van der Waals surface area contributed by atoms with Gasteiger partial charge in [0, 0.05) is 35.3 Å². The van der Waals surface area contributed by atoms with Gasteiger partial charge in [-0.25, -0.2) is 4.72 Å². The number of aromatic nitrogens is 3. The minimum Gasteiger partial charge on any atom is -0.301 e. The molecule has 9 nitrogen and oxygen atoms in total. The van der Waals surface area contributed by atoms with Crippen LogP contribution in [0, 0.1) is 6.92 Å². The lowest BCUT2D eigenvalue weighted by Gasteiger charge is -2.08. The van der Waals surface area contributed by atoms with Crippen molar-refractivity contribution in [3.63, 3.8) is 0 Å². The number of hydrogen-bond donors (Lipinski definition) is 2. The molecule has 0 bridgehead atoms. The fourth-order valence-corrected chi connectivity index (χ4v) is 3.80. The Hall–Kier alpha value is -2.66. The van der Waals surface area contributed by atoms with E-state index in [4.69, 9.17) is 16.4 Å². The number of halogens is 1. The first kappa shape index (κ1) is 22.0. The number of fused-ring (bicyclic) bond motifs is 1. The molecule has 11 heteroatoms. The smallest absolute Gasteiger partial charge is 0.301 e. The number of nitrogens with zero attached hydrogens (tertiary/aromatic N) is 3. The summed E-state index contributed by atoms with van der Waals surface area (Å²) in [5.41, 5.74) is 2.27. The van der Waals surface area contributed by atoms with Gasteiger partial charge in [-0.1, -0.05) is 23.4 Å². The Bertz CT molecular complexity index is 1210. The van der Waals surface area contributed by atoms with E-state index in [0.29, 0.717) is 22.7 Å². The number of rotatable bonds is 8. The van der Waals surface area contributed by atoms with Gasteiger partial charge in [-0.15, -0.1) is 0 Å². The van der Waals surface area contributed by atoms with Gasteiger partial charge in [-0.2, -0.15) is 13.5 Å². The highest BCUT2D eigenvalue weighted by Crippen LogP contribution is 2.27. The average molecular weight is 452 g/mol. The van der Waals surface area contributed by atoms with Gasteiger partial charge in [-0.05, 0) is 43.7 Å². The summed E-state index contributed by atoms with van der Waals surface area (Å²) in [6, 6.07) is 7.48. The first-order chi connectivity index (χ1) is 14.2. The van der Waals surface area contributed by atoms with Crippen LogP contribution >= 0.6 is 11.6 Å². The van der Waals surface area contributed by atoms with Crippen molar-refractivity contribution in [1.82, 2.24) is 24.0 Å². The fourth-order valence-electron chi connectivity index (χ4n) is 3.01. The third-order valence-corrected chi connectivity index (χ3v) is 5.27. The lowest BCUT2D eigenvalue weighted by Crippen LogP contribution is -2.39. The zero-order valence-electron chi connectivity index (χ0n) is 16.7. The Morgan fingerprint density at radius 2 is 2.10 bits per heavy atom. The quantitative estimate of drug-likeness (QED) is 0.311. The third kappa shape index (κ3) is 4.90. The second-order valence-corrected chi connectivity index (χ2v) is 8.38. The molecule has 0 aliphatic heterocycles. The van der Waals surface area contributed by atoms with Gasteiger partial charge < -0.3 is 4.57 Å². The Balaban J connectivity index is 1.88. The first-order valence-electron chi connectivity index (χ1n) is 9.16. The van der Waals surface area contributed by atoms with Crippen LogP contribution in [-0.4, -0.2) is 35.3 Å². The molecule has 0 aliphatic carbocycles. The van der Waals surface area contributed by atoms with Crippen LogP contribution in [0.5, 0.6) is 0 Å². The maximum Gasteiger partial charge on any atom is 0.323 e. The topological polar surface area (TPSA) is 107 Å². The molecular formula is C19H22ClN5O4S. The van der Waals surface area contributed by atoms with E-state index in [1.807, 2.05) is 45.5 Å². The van der Waals surface area contributed by atoms with E-state index >= 15 is 0 Å². The highest BCUT2D eigenvalue weighted by Gasteiger charge is 2.16. The fraction of sp³-hybridized carbons (Fsp3) is 0.263. The Labute approximate surface area is 179 Å². The largest absolute Gasteiger partial charge is 0.323 e. The minimum absolute atomic E-state index is 0.194. The van der Waals surface area contributed by atoms with E-state index in [1.54, 1.807) is 24.7 Å². The Morgan fingerprint density at radius 1 is 1.33 bits per heavy atom. The zero-order chi connectivity index (χ0) is 21.9. The summed E-state index contributed by atoms with van der Waals surface area (Å²) in [5, 5.41) is 6.02. The molecule has 0 aliphatic rings. The number of nitrogens with one attached hydrogen (secondary N) is 2. The van der Waals surface area contributed by atoms with Crippen molar-refractivity contribution in [1.29, 1.82) is 0 Å². The van der Waals surface area contributed by atoms with E-state index in [1.165, 1.54) is 6.08 Å². The van der Waals surface area contributed by atoms with Crippen LogP contribution in [0.1, 0.15) is 24.6 Å². The van der Waals surface area contributed by atoms with Gasteiger partial charge in [0.1, 0.15) is 5.82 Å². The molecule has 2 aromatic heterocycles. The average Bonchev–Trinajstić information content (AvgIpc) is 3.18. The molecule has 2 heterocycles. The first-order valence-corrected chi connectivity index (χ1v) is 11.0. The van der Waals surface area contributed by atoms with E-state index in [0.717, 1.165) is 22.8 Å². The van der Waals surface area contributed by atoms with Crippen molar-refractivity contribution in [2.75, 3.05) is 6.61 Å². The van der Waals surface area contributed by atoms with E-state index in [-0.39, 0.29) is 6.61 Å². The molecule has 3 rings (SSSR count). The molecule has 0 spiro atoms. The third-order valence-electron chi connectivity index (χ3n) is 4.23. The standard InChI is InChI=1S/C19H22ClN5O4S/c1-4-11-29-23-30(27,28)22-18(26)8-6-16-13(2)21-24(3)19(16)25-10-9-14-12-15(20)5-7-17(14)25/h5-10,12,23H,4,11H2,1-3H3,(H,22,26). The van der Waals surface area contributed by atoms with Gasteiger partial charge in [0.15, 0.2) is 0 Å². The van der Waals surface area contributed by atoms with Gasteiger partial charge in [0.2, 0.25) is 0 Å². The van der Waals surface area contributed by atoms with Crippen LogP contribution in [0.2, 0.25) is 5.02 Å². The van der Waals surface area contributed by atoms with Crippen LogP contribution in [0.3, 0.4) is 0 Å². The van der Waals surface area contributed by atoms with Crippen molar-refractivity contribution >= 4 is 44.7 Å². The molecular weight excluding hydrogens is 430 g/mol. The molecule has 2 N–H and O–H groups in total. The minimum atomic E-state index is -4.11. The van der Waals surface area contributed by atoms with Crippen molar-refractivity contribution < 1.29 is 18.0 Å². The lowest BCUT2D eigenvalue weighted by molar-refractivity contribution is -0.114. The maximum absolute atomic E-state index is 12.1. The molecule has 30 heavy (non-hydrogen) atoms. The van der Waals surface area contributed by atoms with Gasteiger partial charge in [-0.3, -0.25) is 14.3 Å². The summed E-state index contributed by atoms with van der Waals surface area (Å²) in [6.07, 6.45) is 5.17.